The Morgan fingerprint density at radius 2 is 2.25 bits per heavy atom. The summed E-state index contributed by atoms with van der Waals surface area (Å²) in [5.74, 6) is 0. The molecular formula is C13H13N5OS. The number of nitrogens with one attached hydrogen (secondary N) is 1. The fourth-order valence-electron chi connectivity index (χ4n) is 1.61. The van der Waals surface area contributed by atoms with E-state index in [0.717, 1.165) is 18.5 Å². The number of anilines is 1. The smallest absolute Gasteiger partial charge is 0.251 e. The third-order valence-corrected chi connectivity index (χ3v) is 3.31. The van der Waals surface area contributed by atoms with Crippen molar-refractivity contribution in [1.82, 2.24) is 15.0 Å². The van der Waals surface area contributed by atoms with E-state index in [1.165, 1.54) is 17.8 Å². The van der Waals surface area contributed by atoms with Crippen molar-refractivity contribution in [3.05, 3.63) is 39.9 Å². The largest absolute Gasteiger partial charge is 0.396 e. The molecule has 0 aliphatic rings. The highest BCUT2D eigenvalue weighted by Crippen LogP contribution is 2.23. The Bertz CT molecular complexity index is 719. The van der Waals surface area contributed by atoms with Crippen LogP contribution >= 0.6 is 11.8 Å². The van der Waals surface area contributed by atoms with Crippen molar-refractivity contribution >= 4 is 17.4 Å². The molecule has 0 bridgehead atoms. The van der Waals surface area contributed by atoms with Crippen LogP contribution in [0.4, 0.5) is 5.69 Å². The zero-order valence-electron chi connectivity index (χ0n) is 10.9. The van der Waals surface area contributed by atoms with E-state index in [9.17, 15) is 4.79 Å². The molecule has 2 rings (SSSR count). The van der Waals surface area contributed by atoms with Crippen molar-refractivity contribution in [2.24, 2.45) is 0 Å². The SMILES string of the molecule is CCCc1cc(=O)[nH]c(Sc2ccc(N)c(C#N)n2)n1. The van der Waals surface area contributed by atoms with Crippen LogP contribution in [0.5, 0.6) is 0 Å². The van der Waals surface area contributed by atoms with Crippen LogP contribution in [-0.2, 0) is 6.42 Å². The summed E-state index contributed by atoms with van der Waals surface area (Å²) in [6.45, 7) is 2.02. The summed E-state index contributed by atoms with van der Waals surface area (Å²) in [5, 5.41) is 9.91. The second kappa shape index (κ2) is 6.21. The topological polar surface area (TPSA) is 108 Å². The zero-order chi connectivity index (χ0) is 14.5. The molecule has 0 aliphatic carbocycles. The normalized spacial score (nSPS) is 10.2. The molecule has 0 atom stereocenters. The third kappa shape index (κ3) is 3.36. The van der Waals surface area contributed by atoms with Crippen LogP contribution in [0.15, 0.2) is 33.2 Å². The van der Waals surface area contributed by atoms with Crippen molar-refractivity contribution in [3.8, 4) is 6.07 Å². The van der Waals surface area contributed by atoms with Gasteiger partial charge in [-0.25, -0.2) is 9.97 Å². The molecule has 0 fully saturated rings. The number of pyridine rings is 1. The minimum Gasteiger partial charge on any atom is -0.396 e. The van der Waals surface area contributed by atoms with Gasteiger partial charge in [0.1, 0.15) is 11.1 Å². The van der Waals surface area contributed by atoms with Gasteiger partial charge in [0.25, 0.3) is 5.56 Å². The lowest BCUT2D eigenvalue weighted by molar-refractivity contribution is 0.815. The predicted octanol–water partition coefficient (Wildman–Crippen LogP) is 1.72. The van der Waals surface area contributed by atoms with E-state index in [-0.39, 0.29) is 11.3 Å². The molecular weight excluding hydrogens is 274 g/mol. The minimum atomic E-state index is -0.193. The predicted molar refractivity (Wildman–Crippen MR) is 76.3 cm³/mol. The number of nitrogens with zero attached hydrogens (tertiary/aromatic N) is 3. The third-order valence-electron chi connectivity index (χ3n) is 2.49. The molecule has 2 aromatic heterocycles. The summed E-state index contributed by atoms with van der Waals surface area (Å²) in [7, 11) is 0. The molecule has 0 aliphatic heterocycles. The number of aromatic nitrogens is 3. The van der Waals surface area contributed by atoms with Crippen molar-refractivity contribution in [2.45, 2.75) is 29.9 Å². The number of nitriles is 1. The standard InChI is InChI=1S/C13H13N5OS/c1-2-3-8-6-11(19)18-13(16-8)20-12-5-4-9(15)10(7-14)17-12/h4-6H,2-3,15H2,1H3,(H,16,18,19). The molecule has 102 valence electrons. The summed E-state index contributed by atoms with van der Waals surface area (Å²) in [6, 6.07) is 6.71. The lowest BCUT2D eigenvalue weighted by atomic mass is 10.2. The van der Waals surface area contributed by atoms with Gasteiger partial charge in [0, 0.05) is 11.8 Å². The first-order valence-electron chi connectivity index (χ1n) is 6.07. The second-order valence-electron chi connectivity index (χ2n) is 4.09. The van der Waals surface area contributed by atoms with Crippen LogP contribution in [-0.4, -0.2) is 15.0 Å². The van der Waals surface area contributed by atoms with Gasteiger partial charge in [-0.15, -0.1) is 0 Å². The van der Waals surface area contributed by atoms with Crippen LogP contribution in [0, 0.1) is 11.3 Å². The molecule has 0 spiro atoms. The average Bonchev–Trinajstić information content (AvgIpc) is 2.40. The van der Waals surface area contributed by atoms with E-state index >= 15 is 0 Å². The second-order valence-corrected chi connectivity index (χ2v) is 5.10. The van der Waals surface area contributed by atoms with Crippen molar-refractivity contribution < 1.29 is 0 Å². The van der Waals surface area contributed by atoms with Crippen molar-refractivity contribution in [2.75, 3.05) is 5.73 Å². The Morgan fingerprint density at radius 1 is 1.45 bits per heavy atom. The van der Waals surface area contributed by atoms with Crippen LogP contribution < -0.4 is 11.3 Å². The van der Waals surface area contributed by atoms with Crippen molar-refractivity contribution in [1.29, 1.82) is 5.26 Å². The van der Waals surface area contributed by atoms with Gasteiger partial charge >= 0.3 is 0 Å². The molecule has 20 heavy (non-hydrogen) atoms. The molecule has 3 N–H and O–H groups in total. The lowest BCUT2D eigenvalue weighted by Gasteiger charge is -2.04. The van der Waals surface area contributed by atoms with Gasteiger partial charge in [-0.1, -0.05) is 13.3 Å². The quantitative estimate of drug-likeness (QED) is 0.829. The number of aryl methyl sites for hydroxylation is 1. The molecule has 6 nitrogen and oxygen atoms in total. The molecule has 2 heterocycles. The fourth-order valence-corrected chi connectivity index (χ4v) is 2.40. The van der Waals surface area contributed by atoms with E-state index in [4.69, 9.17) is 11.0 Å². The van der Waals surface area contributed by atoms with Crippen LogP contribution in [0.3, 0.4) is 0 Å². The summed E-state index contributed by atoms with van der Waals surface area (Å²) in [4.78, 5) is 22.7. The molecule has 0 amide bonds. The minimum absolute atomic E-state index is 0.169. The zero-order valence-corrected chi connectivity index (χ0v) is 11.7. The summed E-state index contributed by atoms with van der Waals surface area (Å²) in [6.07, 6.45) is 1.66. The van der Waals surface area contributed by atoms with Gasteiger partial charge in [-0.3, -0.25) is 4.79 Å². The van der Waals surface area contributed by atoms with Crippen LogP contribution in [0.2, 0.25) is 0 Å². The van der Waals surface area contributed by atoms with E-state index in [1.807, 2.05) is 13.0 Å². The van der Waals surface area contributed by atoms with Crippen LogP contribution in [0.25, 0.3) is 0 Å². The summed E-state index contributed by atoms with van der Waals surface area (Å²) in [5.41, 5.74) is 6.67. The molecule has 0 saturated carbocycles. The molecule has 0 radical (unpaired) electrons. The fraction of sp³-hybridized carbons (Fsp3) is 0.231. The maximum absolute atomic E-state index is 11.6. The lowest BCUT2D eigenvalue weighted by Crippen LogP contribution is -2.10. The van der Waals surface area contributed by atoms with Gasteiger partial charge in [0.15, 0.2) is 10.9 Å². The first-order chi connectivity index (χ1) is 9.62. The number of nitrogens with two attached hydrogens (primary N) is 1. The Morgan fingerprint density at radius 3 is 2.95 bits per heavy atom. The molecule has 0 saturated heterocycles. The highest BCUT2D eigenvalue weighted by atomic mass is 32.2. The number of hydrogen-bond donors (Lipinski definition) is 2. The van der Waals surface area contributed by atoms with Gasteiger partial charge in [-0.05, 0) is 30.3 Å². The highest BCUT2D eigenvalue weighted by molar-refractivity contribution is 7.99. The van der Waals surface area contributed by atoms with E-state index in [2.05, 4.69) is 15.0 Å². The Kier molecular flexibility index (Phi) is 4.38. The summed E-state index contributed by atoms with van der Waals surface area (Å²) < 4.78 is 0. The molecule has 2 aromatic rings. The first kappa shape index (κ1) is 14.1. The number of hydrogen-bond acceptors (Lipinski definition) is 6. The highest BCUT2D eigenvalue weighted by Gasteiger charge is 2.07. The molecule has 0 aromatic carbocycles. The Labute approximate surface area is 120 Å². The van der Waals surface area contributed by atoms with Gasteiger partial charge < -0.3 is 10.7 Å². The Balaban J connectivity index is 2.30. The molecule has 0 unspecified atom stereocenters. The number of H-pyrrole nitrogens is 1. The Hall–Kier alpha value is -2.33. The van der Waals surface area contributed by atoms with Gasteiger partial charge in [0.2, 0.25) is 0 Å². The maximum Gasteiger partial charge on any atom is 0.251 e. The van der Waals surface area contributed by atoms with Gasteiger partial charge in [0.05, 0.1) is 5.69 Å². The number of nitrogen functional groups attached to an aromatic ring is 1. The average molecular weight is 287 g/mol. The monoisotopic (exact) mass is 287 g/mol. The van der Waals surface area contributed by atoms with Crippen LogP contribution in [0.1, 0.15) is 24.7 Å². The van der Waals surface area contributed by atoms with E-state index < -0.39 is 0 Å². The first-order valence-corrected chi connectivity index (χ1v) is 6.88. The summed E-state index contributed by atoms with van der Waals surface area (Å²) >= 11 is 1.20. The maximum atomic E-state index is 11.6. The number of rotatable bonds is 4. The van der Waals surface area contributed by atoms with E-state index in [0.29, 0.717) is 15.9 Å². The van der Waals surface area contributed by atoms with E-state index in [1.54, 1.807) is 12.1 Å². The van der Waals surface area contributed by atoms with Crippen molar-refractivity contribution in [3.63, 3.8) is 0 Å². The van der Waals surface area contributed by atoms with Gasteiger partial charge in [-0.2, -0.15) is 5.26 Å². The molecule has 7 heteroatoms. The number of aromatic amines is 1.